The van der Waals surface area contributed by atoms with E-state index in [1.165, 1.54) is 44.9 Å². The summed E-state index contributed by atoms with van der Waals surface area (Å²) in [6, 6.07) is 0. The fraction of sp³-hybridized carbons (Fsp3) is 0.923. The van der Waals surface area contributed by atoms with Crippen LogP contribution < -0.4 is 5.73 Å². The molecule has 6 nitrogen and oxygen atoms in total. The Bertz CT molecular complexity index is 683. The first kappa shape index (κ1) is 25.5. The van der Waals surface area contributed by atoms with E-state index in [-0.39, 0.29) is 12.6 Å². The van der Waals surface area contributed by atoms with Crippen molar-refractivity contribution in [2.24, 2.45) is 52.1 Å². The predicted octanol–water partition coefficient (Wildman–Crippen LogP) is 4.54. The van der Waals surface area contributed by atoms with Gasteiger partial charge in [0.05, 0.1) is 12.6 Å². The lowest BCUT2D eigenvalue weighted by molar-refractivity contribution is -0.138. The van der Waals surface area contributed by atoms with E-state index in [9.17, 15) is 14.7 Å². The fourth-order valence-electron chi connectivity index (χ4n) is 8.76. The fourth-order valence-corrected chi connectivity index (χ4v) is 8.76. The topological polar surface area (TPSA) is 121 Å². The average Bonchev–Trinajstić information content (AvgIpc) is 3.10. The number of carbonyl (C=O) groups is 2. The van der Waals surface area contributed by atoms with Crippen molar-refractivity contribution in [2.45, 2.75) is 97.5 Å². The van der Waals surface area contributed by atoms with Gasteiger partial charge in [-0.05, 0) is 111 Å². The van der Waals surface area contributed by atoms with E-state index >= 15 is 0 Å². The minimum absolute atomic E-state index is 0.0561. The van der Waals surface area contributed by atoms with Crippen LogP contribution >= 0.6 is 0 Å². The molecule has 4 aliphatic rings. The van der Waals surface area contributed by atoms with Gasteiger partial charge >= 0.3 is 11.9 Å². The lowest BCUT2D eigenvalue weighted by Gasteiger charge is -2.61. The van der Waals surface area contributed by atoms with Gasteiger partial charge in [-0.1, -0.05) is 20.8 Å². The van der Waals surface area contributed by atoms with E-state index in [1.807, 2.05) is 0 Å². The summed E-state index contributed by atoms with van der Waals surface area (Å²) in [6.07, 6.45) is 12.4. The molecule has 0 bridgehead atoms. The molecule has 0 saturated heterocycles. The molecule has 32 heavy (non-hydrogen) atoms. The van der Waals surface area contributed by atoms with Gasteiger partial charge in [0.1, 0.15) is 0 Å². The second-order valence-electron chi connectivity index (χ2n) is 11.8. The van der Waals surface area contributed by atoms with E-state index < -0.39 is 11.9 Å². The monoisotopic (exact) mass is 451 g/mol. The molecule has 0 radical (unpaired) electrons. The Kier molecular flexibility index (Phi) is 7.97. The number of nitrogens with two attached hydrogens (primary N) is 1. The summed E-state index contributed by atoms with van der Waals surface area (Å²) < 4.78 is 0. The van der Waals surface area contributed by atoms with E-state index in [0.717, 1.165) is 42.9 Å². The summed E-state index contributed by atoms with van der Waals surface area (Å²) in [6.45, 7) is 7.15. The lowest BCUT2D eigenvalue weighted by atomic mass is 9.44. The van der Waals surface area contributed by atoms with E-state index in [4.69, 9.17) is 10.2 Å². The number of fused-ring (bicyclic) bond motifs is 5. The number of aliphatic hydroxyl groups excluding tert-OH is 1. The highest BCUT2D eigenvalue weighted by molar-refractivity contribution is 5.68. The second-order valence-corrected chi connectivity index (χ2v) is 11.8. The highest BCUT2D eigenvalue weighted by atomic mass is 16.4. The summed E-state index contributed by atoms with van der Waals surface area (Å²) in [5.41, 5.74) is 5.45. The van der Waals surface area contributed by atoms with Crippen molar-refractivity contribution in [1.29, 1.82) is 0 Å². The number of aliphatic hydroxyl groups is 1. The number of carboxylic acids is 2. The van der Waals surface area contributed by atoms with Crippen LogP contribution in [0.3, 0.4) is 0 Å². The molecule has 6 heteroatoms. The van der Waals surface area contributed by atoms with Crippen LogP contribution in [0.15, 0.2) is 0 Å². The van der Waals surface area contributed by atoms with Crippen LogP contribution in [-0.2, 0) is 9.59 Å². The van der Waals surface area contributed by atoms with Crippen molar-refractivity contribution in [3.63, 3.8) is 0 Å². The van der Waals surface area contributed by atoms with Crippen molar-refractivity contribution < 1.29 is 24.9 Å². The van der Waals surface area contributed by atoms with E-state index in [0.29, 0.717) is 29.1 Å². The van der Waals surface area contributed by atoms with Crippen LogP contribution in [0.5, 0.6) is 0 Å². The van der Waals surface area contributed by atoms with Gasteiger partial charge in [0.2, 0.25) is 0 Å². The Labute approximate surface area is 193 Å². The van der Waals surface area contributed by atoms with Crippen LogP contribution in [0.4, 0.5) is 0 Å². The molecule has 184 valence electrons. The van der Waals surface area contributed by atoms with Gasteiger partial charge in [0.25, 0.3) is 0 Å². The molecule has 0 amide bonds. The number of carboxylic acid groups (broad SMARTS) is 2. The molecule has 4 aliphatic carbocycles. The van der Waals surface area contributed by atoms with Gasteiger partial charge in [0, 0.05) is 6.42 Å². The molecule has 4 rings (SSSR count). The molecule has 0 heterocycles. The van der Waals surface area contributed by atoms with Crippen molar-refractivity contribution >= 4 is 11.9 Å². The zero-order chi connectivity index (χ0) is 23.7. The van der Waals surface area contributed by atoms with Crippen LogP contribution in [0.1, 0.15) is 91.4 Å². The van der Waals surface area contributed by atoms with Gasteiger partial charge in [-0.2, -0.15) is 0 Å². The largest absolute Gasteiger partial charge is 0.481 e. The van der Waals surface area contributed by atoms with Crippen molar-refractivity contribution in [3.8, 4) is 0 Å². The highest BCUT2D eigenvalue weighted by Crippen LogP contribution is 2.68. The van der Waals surface area contributed by atoms with Crippen molar-refractivity contribution in [2.75, 3.05) is 6.54 Å². The molecule has 0 aromatic rings. The van der Waals surface area contributed by atoms with Crippen molar-refractivity contribution in [1.82, 2.24) is 0 Å². The maximum Gasteiger partial charge on any atom is 0.317 e. The average molecular weight is 452 g/mol. The maximum atomic E-state index is 11.0. The number of hydrogen-bond acceptors (Lipinski definition) is 4. The SMILES string of the molecule is C[C@H](CCC(=O)O)[C@H]1CCC2C3CCC4C[C@H](O)CC[C@]4(C)C3CC[C@@]21C.NCC(=O)O. The predicted molar refractivity (Wildman–Crippen MR) is 124 cm³/mol. The molecule has 5 N–H and O–H groups in total. The van der Waals surface area contributed by atoms with E-state index in [1.54, 1.807) is 0 Å². The third-order valence-corrected chi connectivity index (χ3v) is 10.4. The number of aliphatic carboxylic acids is 2. The minimum Gasteiger partial charge on any atom is -0.481 e. The molecule has 0 aromatic heterocycles. The normalized spacial score (nSPS) is 43.7. The first-order valence-electron chi connectivity index (χ1n) is 12.8. The standard InChI is InChI=1S/C24H40O3.C2H5NO2/c1-15(4-9-22(26)27)19-7-8-20-18-6-5-16-14-17(25)10-12-23(16,2)21(18)11-13-24(19,20)3;3-1-2(4)5/h15-21,25H,4-14H2,1-3H3,(H,26,27);1,3H2,(H,4,5)/t15-,16?,17-,18?,19-,20?,21?,23+,24-;/m1./s1. The smallest absolute Gasteiger partial charge is 0.317 e. The summed E-state index contributed by atoms with van der Waals surface area (Å²) in [7, 11) is 0. The zero-order valence-corrected chi connectivity index (χ0v) is 20.3. The summed E-state index contributed by atoms with van der Waals surface area (Å²) >= 11 is 0. The molecule has 0 aliphatic heterocycles. The summed E-state index contributed by atoms with van der Waals surface area (Å²) in [4.78, 5) is 20.3. The lowest BCUT2D eigenvalue weighted by Crippen LogP contribution is -2.54. The Morgan fingerprint density at radius 1 is 0.938 bits per heavy atom. The molecule has 4 unspecified atom stereocenters. The Balaban J connectivity index is 0.000000523. The van der Waals surface area contributed by atoms with Gasteiger partial charge in [-0.15, -0.1) is 0 Å². The third-order valence-electron chi connectivity index (χ3n) is 10.4. The summed E-state index contributed by atoms with van der Waals surface area (Å²) in [5, 5.41) is 26.9. The van der Waals surface area contributed by atoms with Crippen LogP contribution in [0.25, 0.3) is 0 Å². The highest BCUT2D eigenvalue weighted by Gasteiger charge is 2.60. The Morgan fingerprint density at radius 3 is 2.19 bits per heavy atom. The van der Waals surface area contributed by atoms with Crippen molar-refractivity contribution in [3.05, 3.63) is 0 Å². The molecular weight excluding hydrogens is 406 g/mol. The first-order valence-corrected chi connectivity index (χ1v) is 12.8. The Hall–Kier alpha value is -1.14. The maximum absolute atomic E-state index is 11.0. The van der Waals surface area contributed by atoms with Gasteiger partial charge in [-0.25, -0.2) is 0 Å². The number of hydrogen-bond donors (Lipinski definition) is 4. The molecular formula is C26H45NO5. The van der Waals surface area contributed by atoms with Gasteiger partial charge in [-0.3, -0.25) is 9.59 Å². The minimum atomic E-state index is -0.968. The van der Waals surface area contributed by atoms with Crippen LogP contribution in [-0.4, -0.2) is 39.9 Å². The van der Waals surface area contributed by atoms with E-state index in [2.05, 4.69) is 26.5 Å². The first-order chi connectivity index (χ1) is 15.0. The Morgan fingerprint density at radius 2 is 1.56 bits per heavy atom. The molecule has 4 saturated carbocycles. The molecule has 0 aromatic carbocycles. The molecule has 0 spiro atoms. The quantitative estimate of drug-likeness (QED) is 0.487. The van der Waals surface area contributed by atoms with Crippen LogP contribution in [0, 0.1) is 46.3 Å². The molecule has 9 atom stereocenters. The van der Waals surface area contributed by atoms with Gasteiger partial charge < -0.3 is 21.1 Å². The molecule has 4 fully saturated rings. The second kappa shape index (κ2) is 10.0. The number of rotatable bonds is 5. The van der Waals surface area contributed by atoms with Gasteiger partial charge in [0.15, 0.2) is 0 Å². The zero-order valence-electron chi connectivity index (χ0n) is 20.3. The summed E-state index contributed by atoms with van der Waals surface area (Å²) in [5.74, 6) is 2.94. The van der Waals surface area contributed by atoms with Crippen LogP contribution in [0.2, 0.25) is 0 Å². The third kappa shape index (κ3) is 4.86.